The van der Waals surface area contributed by atoms with E-state index in [1.165, 1.54) is 37.0 Å². The minimum absolute atomic E-state index is 0.0287. The molecule has 10 heteroatoms. The van der Waals surface area contributed by atoms with E-state index in [0.717, 1.165) is 41.9 Å². The van der Waals surface area contributed by atoms with Crippen molar-refractivity contribution < 1.29 is 28.7 Å². The molecule has 43 heavy (non-hydrogen) atoms. The zero-order valence-corrected chi connectivity index (χ0v) is 24.8. The van der Waals surface area contributed by atoms with E-state index in [1.807, 2.05) is 61.5 Å². The Morgan fingerprint density at radius 3 is 2.28 bits per heavy atom. The first kappa shape index (κ1) is 30.4. The number of nitrogens with zero attached hydrogens (tertiary/aromatic N) is 1. The molecule has 0 bridgehead atoms. The molecular formula is C33H42N4O6. The van der Waals surface area contributed by atoms with Gasteiger partial charge in [0.05, 0.1) is 18.7 Å². The van der Waals surface area contributed by atoms with Gasteiger partial charge in [0.15, 0.2) is 0 Å². The van der Waals surface area contributed by atoms with Crippen LogP contribution >= 0.6 is 0 Å². The van der Waals surface area contributed by atoms with Gasteiger partial charge in [-0.05, 0) is 42.4 Å². The minimum Gasteiger partial charge on any atom is -0.449 e. The number of carbonyl (C=O) groups is 4. The molecule has 230 valence electrons. The average molecular weight is 591 g/mol. The van der Waals surface area contributed by atoms with Crippen LogP contribution in [0.4, 0.5) is 9.59 Å². The summed E-state index contributed by atoms with van der Waals surface area (Å²) in [5, 5.41) is 8.08. The van der Waals surface area contributed by atoms with E-state index in [-0.39, 0.29) is 37.6 Å². The summed E-state index contributed by atoms with van der Waals surface area (Å²) in [6, 6.07) is 15.3. The third-order valence-electron chi connectivity index (χ3n) is 8.75. The molecule has 3 N–H and O–H groups in total. The predicted molar refractivity (Wildman–Crippen MR) is 161 cm³/mol. The van der Waals surface area contributed by atoms with Crippen LogP contribution in [0.5, 0.6) is 0 Å². The van der Waals surface area contributed by atoms with Crippen LogP contribution in [-0.4, -0.2) is 66.2 Å². The van der Waals surface area contributed by atoms with Crippen LogP contribution in [0.2, 0.25) is 0 Å². The first-order valence-electron chi connectivity index (χ1n) is 15.5. The van der Waals surface area contributed by atoms with Gasteiger partial charge in [0.25, 0.3) is 0 Å². The van der Waals surface area contributed by atoms with Gasteiger partial charge in [0.2, 0.25) is 11.8 Å². The number of amides is 4. The molecule has 2 aromatic carbocycles. The van der Waals surface area contributed by atoms with Gasteiger partial charge in [-0.25, -0.2) is 9.59 Å². The highest BCUT2D eigenvalue weighted by molar-refractivity contribution is 5.94. The second kappa shape index (κ2) is 14.4. The van der Waals surface area contributed by atoms with E-state index in [1.54, 1.807) is 0 Å². The van der Waals surface area contributed by atoms with Crippen molar-refractivity contribution in [2.75, 3.05) is 13.2 Å². The van der Waals surface area contributed by atoms with Gasteiger partial charge in [-0.3, -0.25) is 14.5 Å². The fraction of sp³-hybridized carbons (Fsp3) is 0.515. The third-order valence-corrected chi connectivity index (χ3v) is 8.75. The number of nitrogens with one attached hydrogen (secondary N) is 3. The van der Waals surface area contributed by atoms with E-state index in [0.29, 0.717) is 0 Å². The van der Waals surface area contributed by atoms with Crippen molar-refractivity contribution in [3.63, 3.8) is 0 Å². The number of rotatable bonds is 12. The molecule has 0 spiro atoms. The highest BCUT2D eigenvalue weighted by Gasteiger charge is 2.48. The predicted octanol–water partition coefficient (Wildman–Crippen LogP) is 4.52. The summed E-state index contributed by atoms with van der Waals surface area (Å²) in [6.07, 6.45) is 8.13. The summed E-state index contributed by atoms with van der Waals surface area (Å²) in [4.78, 5) is 51.7. The fourth-order valence-electron chi connectivity index (χ4n) is 6.20. The Hall–Kier alpha value is -4.08. The molecule has 5 rings (SSSR count). The van der Waals surface area contributed by atoms with E-state index >= 15 is 0 Å². The molecule has 2 aromatic rings. The number of ether oxygens (including phenoxy) is 2. The number of hydrogen-bond acceptors (Lipinski definition) is 6. The lowest BCUT2D eigenvalue weighted by Gasteiger charge is -2.45. The standard InChI is InChI=1S/C33H42N4O6/c1-22-29(31(39)34-22)37(33(41)42-19-9-8-12-23-10-4-2-5-11-23)20-27-28(30(38)35-27)36-32(40)43-21-24-15-17-26(18-16-24)25-13-6-3-7-14-25/h3,6-7,13-18,22-23,27-29H,2,4-5,8-12,19-21H2,1H3,(H,34,39)(H,35,38)(H,36,40)/t22-,27-,28-,29-/m0/s1. The lowest BCUT2D eigenvalue weighted by Crippen LogP contribution is -2.75. The largest absolute Gasteiger partial charge is 0.449 e. The van der Waals surface area contributed by atoms with Crippen LogP contribution in [0, 0.1) is 5.92 Å². The summed E-state index contributed by atoms with van der Waals surface area (Å²) < 4.78 is 10.9. The summed E-state index contributed by atoms with van der Waals surface area (Å²) in [6.45, 7) is 2.16. The van der Waals surface area contributed by atoms with Crippen molar-refractivity contribution in [3.05, 3.63) is 60.2 Å². The molecular weight excluding hydrogens is 548 g/mol. The molecule has 0 radical (unpaired) electrons. The normalized spacial score (nSPS) is 23.2. The van der Waals surface area contributed by atoms with Gasteiger partial charge >= 0.3 is 12.2 Å². The average Bonchev–Trinajstić information content (AvgIpc) is 3.03. The zero-order valence-electron chi connectivity index (χ0n) is 24.8. The molecule has 4 amide bonds. The van der Waals surface area contributed by atoms with Gasteiger partial charge in [0.1, 0.15) is 18.7 Å². The van der Waals surface area contributed by atoms with Crippen molar-refractivity contribution in [1.29, 1.82) is 0 Å². The molecule has 10 nitrogen and oxygen atoms in total. The van der Waals surface area contributed by atoms with E-state index in [2.05, 4.69) is 16.0 Å². The fourth-order valence-corrected chi connectivity index (χ4v) is 6.20. The van der Waals surface area contributed by atoms with Crippen molar-refractivity contribution in [3.8, 4) is 11.1 Å². The SMILES string of the molecule is C[C@@H]1NC(=O)[C@H]1N(C[C@@H]1NC(=O)[C@H]1NC(=O)OCc1ccc(-c2ccccc2)cc1)C(=O)OCCCCC1CCCCC1. The molecule has 2 saturated heterocycles. The number of unbranched alkanes of at least 4 members (excludes halogenated alkanes) is 1. The monoisotopic (exact) mass is 590 g/mol. The van der Waals surface area contributed by atoms with Gasteiger partial charge < -0.3 is 25.4 Å². The molecule has 1 aliphatic carbocycles. The highest BCUT2D eigenvalue weighted by Crippen LogP contribution is 2.28. The van der Waals surface area contributed by atoms with Crippen LogP contribution in [0.3, 0.4) is 0 Å². The molecule has 2 heterocycles. The Labute approximate surface area is 252 Å². The summed E-state index contributed by atoms with van der Waals surface area (Å²) in [5.74, 6) is 0.130. The number of β-lactam (4-membered cyclic amide) rings is 2. The highest BCUT2D eigenvalue weighted by atomic mass is 16.6. The molecule has 0 aromatic heterocycles. The maximum absolute atomic E-state index is 13.1. The summed E-state index contributed by atoms with van der Waals surface area (Å²) in [7, 11) is 0. The minimum atomic E-state index is -0.891. The Morgan fingerprint density at radius 2 is 1.60 bits per heavy atom. The van der Waals surface area contributed by atoms with Crippen LogP contribution < -0.4 is 16.0 Å². The lowest BCUT2D eigenvalue weighted by atomic mass is 9.86. The van der Waals surface area contributed by atoms with Crippen LogP contribution in [0.25, 0.3) is 11.1 Å². The van der Waals surface area contributed by atoms with Gasteiger partial charge in [-0.15, -0.1) is 0 Å². The van der Waals surface area contributed by atoms with Gasteiger partial charge in [-0.2, -0.15) is 0 Å². The lowest BCUT2D eigenvalue weighted by molar-refractivity contribution is -0.137. The number of carbonyl (C=O) groups excluding carboxylic acids is 4. The second-order valence-corrected chi connectivity index (χ2v) is 11.9. The van der Waals surface area contributed by atoms with E-state index in [4.69, 9.17) is 9.47 Å². The smallest absolute Gasteiger partial charge is 0.410 e. The number of hydrogen-bond donors (Lipinski definition) is 3. The van der Waals surface area contributed by atoms with Crippen LogP contribution in [-0.2, 0) is 25.7 Å². The van der Waals surface area contributed by atoms with Crippen molar-refractivity contribution in [2.45, 2.75) is 89.1 Å². The zero-order chi connectivity index (χ0) is 30.2. The molecule has 2 aliphatic heterocycles. The molecule has 4 atom stereocenters. The van der Waals surface area contributed by atoms with E-state index < -0.39 is 30.3 Å². The van der Waals surface area contributed by atoms with Gasteiger partial charge in [-0.1, -0.05) is 93.1 Å². The molecule has 3 aliphatic rings. The van der Waals surface area contributed by atoms with Gasteiger partial charge in [0, 0.05) is 6.54 Å². The molecule has 3 fully saturated rings. The second-order valence-electron chi connectivity index (χ2n) is 11.9. The van der Waals surface area contributed by atoms with E-state index in [9.17, 15) is 19.2 Å². The Bertz CT molecular complexity index is 1260. The number of alkyl carbamates (subject to hydrolysis) is 1. The van der Waals surface area contributed by atoms with Crippen molar-refractivity contribution in [2.24, 2.45) is 5.92 Å². The quantitative estimate of drug-likeness (QED) is 0.247. The van der Waals surface area contributed by atoms with Crippen molar-refractivity contribution in [1.82, 2.24) is 20.9 Å². The third kappa shape index (κ3) is 7.86. The maximum Gasteiger partial charge on any atom is 0.410 e. The Morgan fingerprint density at radius 1 is 0.884 bits per heavy atom. The van der Waals surface area contributed by atoms with Crippen LogP contribution in [0.1, 0.15) is 63.9 Å². The molecule has 0 unspecified atom stereocenters. The maximum atomic E-state index is 13.1. The summed E-state index contributed by atoms with van der Waals surface area (Å²) >= 11 is 0. The van der Waals surface area contributed by atoms with Crippen molar-refractivity contribution >= 4 is 24.0 Å². The first-order valence-corrected chi connectivity index (χ1v) is 15.5. The molecule has 1 saturated carbocycles. The number of benzene rings is 2. The Kier molecular flexibility index (Phi) is 10.2. The first-order chi connectivity index (χ1) is 20.9. The summed E-state index contributed by atoms with van der Waals surface area (Å²) in [5.41, 5.74) is 2.96. The Balaban J connectivity index is 1.09. The topological polar surface area (TPSA) is 126 Å². The van der Waals surface area contributed by atoms with Crippen LogP contribution in [0.15, 0.2) is 54.6 Å².